The van der Waals surface area contributed by atoms with Crippen molar-refractivity contribution < 1.29 is 4.79 Å². The minimum Gasteiger partial charge on any atom is -0.352 e. The summed E-state index contributed by atoms with van der Waals surface area (Å²) in [5.41, 5.74) is 7.55. The van der Waals surface area contributed by atoms with Crippen LogP contribution in [0.5, 0.6) is 0 Å². The van der Waals surface area contributed by atoms with Gasteiger partial charge in [-0.1, -0.05) is 72.3 Å². The first-order valence-corrected chi connectivity index (χ1v) is 11.0. The molecule has 3 nitrogen and oxygen atoms in total. The molecule has 158 valence electrons. The largest absolute Gasteiger partial charge is 0.352 e. The molecule has 0 saturated carbocycles. The summed E-state index contributed by atoms with van der Waals surface area (Å²) >= 11 is 0. The molecule has 0 atom stereocenters. The molecule has 3 heteroatoms. The van der Waals surface area contributed by atoms with E-state index >= 15 is 0 Å². The summed E-state index contributed by atoms with van der Waals surface area (Å²) in [5, 5.41) is 4.35. The van der Waals surface area contributed by atoms with Crippen LogP contribution in [0.1, 0.15) is 40.7 Å². The summed E-state index contributed by atoms with van der Waals surface area (Å²) in [6, 6.07) is 25.4. The van der Waals surface area contributed by atoms with Gasteiger partial charge in [0.05, 0.1) is 0 Å². The van der Waals surface area contributed by atoms with Crippen molar-refractivity contribution in [3.05, 3.63) is 107 Å². The zero-order valence-corrected chi connectivity index (χ0v) is 18.4. The van der Waals surface area contributed by atoms with Crippen LogP contribution in [0.4, 0.5) is 0 Å². The number of nitrogens with one attached hydrogen (secondary N) is 1. The van der Waals surface area contributed by atoms with Crippen molar-refractivity contribution in [1.82, 2.24) is 9.88 Å². The highest BCUT2D eigenvalue weighted by molar-refractivity contribution is 5.84. The summed E-state index contributed by atoms with van der Waals surface area (Å²) in [4.78, 5) is 12.3. The first-order chi connectivity index (χ1) is 15.1. The van der Waals surface area contributed by atoms with Gasteiger partial charge in [0.2, 0.25) is 5.91 Å². The van der Waals surface area contributed by atoms with Crippen LogP contribution in [0.15, 0.2) is 79.0 Å². The zero-order chi connectivity index (χ0) is 21.6. The van der Waals surface area contributed by atoms with Gasteiger partial charge in [-0.3, -0.25) is 4.79 Å². The monoisotopic (exact) mass is 410 g/mol. The summed E-state index contributed by atoms with van der Waals surface area (Å²) < 4.78 is 2.33. The number of rotatable bonds is 8. The third-order valence-electron chi connectivity index (χ3n) is 5.89. The smallest absolute Gasteiger partial charge is 0.220 e. The van der Waals surface area contributed by atoms with Gasteiger partial charge in [0.1, 0.15) is 0 Å². The van der Waals surface area contributed by atoms with Gasteiger partial charge in [-0.15, -0.1) is 0 Å². The van der Waals surface area contributed by atoms with Crippen molar-refractivity contribution in [2.45, 2.75) is 46.2 Å². The van der Waals surface area contributed by atoms with E-state index in [0.29, 0.717) is 13.0 Å². The molecule has 0 radical (unpaired) electrons. The van der Waals surface area contributed by atoms with Crippen molar-refractivity contribution in [3.8, 4) is 0 Å². The fourth-order valence-corrected chi connectivity index (χ4v) is 4.19. The second-order valence-corrected chi connectivity index (χ2v) is 8.35. The van der Waals surface area contributed by atoms with E-state index in [0.717, 1.165) is 19.4 Å². The van der Waals surface area contributed by atoms with Crippen molar-refractivity contribution in [3.63, 3.8) is 0 Å². The van der Waals surface area contributed by atoms with Crippen LogP contribution in [0.3, 0.4) is 0 Å². The number of para-hydroxylation sites is 1. The zero-order valence-electron chi connectivity index (χ0n) is 18.4. The number of aryl methyl sites for hydroxylation is 3. The number of amides is 1. The van der Waals surface area contributed by atoms with Crippen LogP contribution in [-0.2, 0) is 24.3 Å². The minimum atomic E-state index is 0.117. The van der Waals surface area contributed by atoms with Crippen LogP contribution in [0.25, 0.3) is 10.9 Å². The first kappa shape index (κ1) is 20.9. The highest BCUT2D eigenvalue weighted by atomic mass is 16.1. The van der Waals surface area contributed by atoms with E-state index in [-0.39, 0.29) is 5.91 Å². The maximum atomic E-state index is 12.3. The van der Waals surface area contributed by atoms with E-state index in [9.17, 15) is 4.79 Å². The molecule has 1 heterocycles. The molecule has 4 aromatic rings. The van der Waals surface area contributed by atoms with Gasteiger partial charge in [0, 0.05) is 36.6 Å². The number of hydrogen-bond acceptors (Lipinski definition) is 1. The van der Waals surface area contributed by atoms with Gasteiger partial charge in [-0.05, 0) is 55.0 Å². The Bertz CT molecular complexity index is 1190. The molecular formula is C28H30N2O. The molecule has 0 aliphatic heterocycles. The number of benzene rings is 3. The van der Waals surface area contributed by atoms with Crippen LogP contribution in [0.2, 0.25) is 0 Å². The SMILES string of the molecule is Cc1cccc(Cn2cc(CCCC(=O)NCc3ccccc3C)c3ccccc32)c1. The number of nitrogens with zero attached hydrogens (tertiary/aromatic N) is 1. The second kappa shape index (κ2) is 9.65. The molecule has 3 aromatic carbocycles. The fraction of sp³-hybridized carbons (Fsp3) is 0.250. The maximum absolute atomic E-state index is 12.3. The molecule has 0 bridgehead atoms. The Morgan fingerprint density at radius 1 is 0.903 bits per heavy atom. The highest BCUT2D eigenvalue weighted by Gasteiger charge is 2.10. The van der Waals surface area contributed by atoms with E-state index in [1.165, 1.54) is 38.7 Å². The van der Waals surface area contributed by atoms with Crippen LogP contribution < -0.4 is 5.32 Å². The topological polar surface area (TPSA) is 34.0 Å². The van der Waals surface area contributed by atoms with Crippen molar-refractivity contribution in [2.75, 3.05) is 0 Å². The molecular weight excluding hydrogens is 380 g/mol. The number of carbonyl (C=O) groups excluding carboxylic acids is 1. The molecule has 0 unspecified atom stereocenters. The lowest BCUT2D eigenvalue weighted by molar-refractivity contribution is -0.121. The standard InChI is InChI=1S/C28H30N2O/c1-21-9-7-11-23(17-21)19-30-20-25(26-14-5-6-15-27(26)30)13-8-16-28(31)29-18-24-12-4-3-10-22(24)2/h3-7,9-12,14-15,17,20H,8,13,16,18-19H2,1-2H3,(H,29,31). The van der Waals surface area contributed by atoms with Gasteiger partial charge in [-0.25, -0.2) is 0 Å². The number of fused-ring (bicyclic) bond motifs is 1. The molecule has 0 spiro atoms. The molecule has 1 N–H and O–H groups in total. The summed E-state index contributed by atoms with van der Waals surface area (Å²) in [7, 11) is 0. The lowest BCUT2D eigenvalue weighted by Gasteiger charge is -2.07. The highest BCUT2D eigenvalue weighted by Crippen LogP contribution is 2.24. The Hall–Kier alpha value is -3.33. The summed E-state index contributed by atoms with van der Waals surface area (Å²) in [6.45, 7) is 5.67. The van der Waals surface area contributed by atoms with E-state index in [2.05, 4.69) is 90.6 Å². The van der Waals surface area contributed by atoms with Gasteiger partial charge < -0.3 is 9.88 Å². The molecule has 0 aliphatic rings. The second-order valence-electron chi connectivity index (χ2n) is 8.35. The Kier molecular flexibility index (Phi) is 6.51. The van der Waals surface area contributed by atoms with Gasteiger partial charge >= 0.3 is 0 Å². The Balaban J connectivity index is 1.38. The molecule has 4 rings (SSSR count). The number of aromatic nitrogens is 1. The average Bonchev–Trinajstić information content (AvgIpc) is 3.11. The lowest BCUT2D eigenvalue weighted by atomic mass is 10.1. The third-order valence-corrected chi connectivity index (χ3v) is 5.89. The quantitative estimate of drug-likeness (QED) is 0.383. The third kappa shape index (κ3) is 5.24. The summed E-state index contributed by atoms with van der Waals surface area (Å²) in [5.74, 6) is 0.117. The van der Waals surface area contributed by atoms with E-state index in [1.54, 1.807) is 0 Å². The molecule has 0 saturated heterocycles. The van der Waals surface area contributed by atoms with Crippen LogP contribution in [0, 0.1) is 13.8 Å². The molecule has 1 amide bonds. The summed E-state index contributed by atoms with van der Waals surface area (Å²) in [6.07, 6.45) is 4.55. The molecule has 0 fully saturated rings. The molecule has 0 aliphatic carbocycles. The molecule has 1 aromatic heterocycles. The van der Waals surface area contributed by atoms with Gasteiger partial charge in [0.25, 0.3) is 0 Å². The predicted octanol–water partition coefficient (Wildman–Crippen LogP) is 5.95. The first-order valence-electron chi connectivity index (χ1n) is 11.0. The van der Waals surface area contributed by atoms with E-state index in [4.69, 9.17) is 0 Å². The molecule has 31 heavy (non-hydrogen) atoms. The minimum absolute atomic E-state index is 0.117. The van der Waals surface area contributed by atoms with Crippen molar-refractivity contribution >= 4 is 16.8 Å². The van der Waals surface area contributed by atoms with E-state index < -0.39 is 0 Å². The fourth-order valence-electron chi connectivity index (χ4n) is 4.19. The van der Waals surface area contributed by atoms with Crippen LogP contribution in [-0.4, -0.2) is 10.5 Å². The lowest BCUT2D eigenvalue weighted by Crippen LogP contribution is -2.22. The Morgan fingerprint density at radius 2 is 1.71 bits per heavy atom. The number of hydrogen-bond donors (Lipinski definition) is 1. The average molecular weight is 411 g/mol. The Labute approximate surface area is 184 Å². The van der Waals surface area contributed by atoms with Crippen LogP contribution >= 0.6 is 0 Å². The van der Waals surface area contributed by atoms with Crippen molar-refractivity contribution in [2.24, 2.45) is 0 Å². The van der Waals surface area contributed by atoms with Gasteiger partial charge in [-0.2, -0.15) is 0 Å². The van der Waals surface area contributed by atoms with Crippen molar-refractivity contribution in [1.29, 1.82) is 0 Å². The maximum Gasteiger partial charge on any atom is 0.220 e. The van der Waals surface area contributed by atoms with Gasteiger partial charge in [0.15, 0.2) is 0 Å². The number of carbonyl (C=O) groups is 1. The Morgan fingerprint density at radius 3 is 2.55 bits per heavy atom. The normalized spacial score (nSPS) is 11.0. The van der Waals surface area contributed by atoms with E-state index in [1.807, 2.05) is 12.1 Å². The predicted molar refractivity (Wildman–Crippen MR) is 128 cm³/mol.